The van der Waals surface area contributed by atoms with Gasteiger partial charge in [0.15, 0.2) is 17.5 Å². The summed E-state index contributed by atoms with van der Waals surface area (Å²) in [7, 11) is 0. The molecule has 4 nitrogen and oxygen atoms in total. The molecule has 22 heavy (non-hydrogen) atoms. The first-order chi connectivity index (χ1) is 10.3. The minimum atomic E-state index is -1.51. The van der Waals surface area contributed by atoms with E-state index in [-0.39, 0.29) is 5.56 Å². The molecule has 122 valence electrons. The number of carbonyl (C=O) groups is 1. The van der Waals surface area contributed by atoms with Gasteiger partial charge in [0, 0.05) is 12.6 Å². The fraction of sp³-hybridized carbons (Fsp3) is 0.533. The minimum Gasteiger partial charge on any atom is -0.384 e. The molecule has 1 aliphatic rings. The van der Waals surface area contributed by atoms with Crippen molar-refractivity contribution in [2.75, 3.05) is 13.1 Å². The maximum atomic E-state index is 13.5. The largest absolute Gasteiger partial charge is 0.384 e. The van der Waals surface area contributed by atoms with E-state index >= 15 is 0 Å². The Bertz CT molecular complexity index is 543. The summed E-state index contributed by atoms with van der Waals surface area (Å²) in [5.74, 6) is -4.55. The summed E-state index contributed by atoms with van der Waals surface area (Å²) in [5.41, 5.74) is 0.270. The summed E-state index contributed by atoms with van der Waals surface area (Å²) >= 11 is 0. The molecule has 7 heteroatoms. The number of benzene rings is 1. The highest BCUT2D eigenvalue weighted by Crippen LogP contribution is 2.33. The van der Waals surface area contributed by atoms with Crippen molar-refractivity contribution in [3.8, 4) is 0 Å². The van der Waals surface area contributed by atoms with E-state index in [1.165, 1.54) is 6.92 Å². The SMILES string of the molecule is CCN1CC[C@H](NC(=O)[C@@H](C)O)[C@@H]1c1cc(F)c(F)c(F)c1. The Kier molecular flexibility index (Phi) is 5.08. The number of nitrogens with one attached hydrogen (secondary N) is 1. The maximum Gasteiger partial charge on any atom is 0.248 e. The summed E-state index contributed by atoms with van der Waals surface area (Å²) in [5, 5.41) is 12.0. The number of aliphatic hydroxyl groups is 1. The van der Waals surface area contributed by atoms with Gasteiger partial charge in [-0.15, -0.1) is 0 Å². The first kappa shape index (κ1) is 16.8. The number of hydrogen-bond donors (Lipinski definition) is 2. The van der Waals surface area contributed by atoms with Crippen molar-refractivity contribution in [3.63, 3.8) is 0 Å². The smallest absolute Gasteiger partial charge is 0.248 e. The Morgan fingerprint density at radius 1 is 1.41 bits per heavy atom. The first-order valence-electron chi connectivity index (χ1n) is 7.22. The van der Waals surface area contributed by atoms with Crippen LogP contribution in [0.1, 0.15) is 31.9 Å². The number of carbonyl (C=O) groups excluding carboxylic acids is 1. The van der Waals surface area contributed by atoms with Crippen LogP contribution < -0.4 is 5.32 Å². The van der Waals surface area contributed by atoms with E-state index in [2.05, 4.69) is 5.32 Å². The third-order valence-corrected chi connectivity index (χ3v) is 3.96. The van der Waals surface area contributed by atoms with Crippen molar-refractivity contribution in [1.29, 1.82) is 0 Å². The highest BCUT2D eigenvalue weighted by Gasteiger charge is 2.36. The maximum absolute atomic E-state index is 13.5. The quantitative estimate of drug-likeness (QED) is 0.832. The second-order valence-corrected chi connectivity index (χ2v) is 5.45. The molecule has 0 aliphatic carbocycles. The highest BCUT2D eigenvalue weighted by molar-refractivity contribution is 5.80. The lowest BCUT2D eigenvalue weighted by molar-refractivity contribution is -0.129. The zero-order valence-electron chi connectivity index (χ0n) is 12.4. The van der Waals surface area contributed by atoms with Crippen LogP contribution in [0.2, 0.25) is 0 Å². The van der Waals surface area contributed by atoms with Gasteiger partial charge in [0.25, 0.3) is 0 Å². The van der Waals surface area contributed by atoms with E-state index in [1.54, 1.807) is 0 Å². The molecule has 0 aromatic heterocycles. The van der Waals surface area contributed by atoms with Crippen molar-refractivity contribution in [3.05, 3.63) is 35.1 Å². The number of rotatable bonds is 4. The third kappa shape index (κ3) is 3.25. The zero-order chi connectivity index (χ0) is 16.4. The fourth-order valence-corrected chi connectivity index (χ4v) is 2.85. The lowest BCUT2D eigenvalue weighted by Gasteiger charge is -2.28. The molecular formula is C15H19F3N2O2. The minimum absolute atomic E-state index is 0.270. The van der Waals surface area contributed by atoms with Gasteiger partial charge >= 0.3 is 0 Å². The monoisotopic (exact) mass is 316 g/mol. The zero-order valence-corrected chi connectivity index (χ0v) is 12.4. The molecule has 1 amide bonds. The van der Waals surface area contributed by atoms with Crippen molar-refractivity contribution in [2.24, 2.45) is 0 Å². The van der Waals surface area contributed by atoms with E-state index in [0.717, 1.165) is 12.1 Å². The average Bonchev–Trinajstić information content (AvgIpc) is 2.86. The summed E-state index contributed by atoms with van der Waals surface area (Å²) in [6.45, 7) is 4.48. The molecule has 0 spiro atoms. The topological polar surface area (TPSA) is 52.6 Å². The van der Waals surface area contributed by atoms with E-state index in [0.29, 0.717) is 19.5 Å². The molecule has 1 aromatic carbocycles. The van der Waals surface area contributed by atoms with Gasteiger partial charge in [0.05, 0.1) is 6.04 Å². The molecule has 0 unspecified atom stereocenters. The van der Waals surface area contributed by atoms with Crippen LogP contribution >= 0.6 is 0 Å². The summed E-state index contributed by atoms with van der Waals surface area (Å²) < 4.78 is 40.1. The van der Waals surface area contributed by atoms with Crippen molar-refractivity contribution < 1.29 is 23.1 Å². The standard InChI is InChI=1S/C15H19F3N2O2/c1-3-20-5-4-12(19-15(22)8(2)21)14(20)9-6-10(16)13(18)11(17)7-9/h6-8,12,14,21H,3-5H2,1-2H3,(H,19,22)/t8-,12+,14+/m1/s1. The lowest BCUT2D eigenvalue weighted by atomic mass is 9.99. The molecular weight excluding hydrogens is 297 g/mol. The van der Waals surface area contributed by atoms with Crippen molar-refractivity contribution in [1.82, 2.24) is 10.2 Å². The Balaban J connectivity index is 2.32. The van der Waals surface area contributed by atoms with Crippen LogP contribution in [0.3, 0.4) is 0 Å². The van der Waals surface area contributed by atoms with Crippen LogP contribution in [0, 0.1) is 17.5 Å². The van der Waals surface area contributed by atoms with Gasteiger partial charge in [-0.3, -0.25) is 9.69 Å². The van der Waals surface area contributed by atoms with Gasteiger partial charge in [-0.2, -0.15) is 0 Å². The second kappa shape index (κ2) is 6.66. The number of likely N-dealkylation sites (N-methyl/N-ethyl adjacent to an activating group) is 1. The Hall–Kier alpha value is -1.60. The number of nitrogens with zero attached hydrogens (tertiary/aromatic N) is 1. The third-order valence-electron chi connectivity index (χ3n) is 3.96. The van der Waals surface area contributed by atoms with E-state index < -0.39 is 41.5 Å². The Morgan fingerprint density at radius 2 is 2.00 bits per heavy atom. The van der Waals surface area contributed by atoms with Gasteiger partial charge < -0.3 is 10.4 Å². The summed E-state index contributed by atoms with van der Waals surface area (Å²) in [4.78, 5) is 13.6. The molecule has 0 saturated carbocycles. The van der Waals surface area contributed by atoms with Gasteiger partial charge in [-0.25, -0.2) is 13.2 Å². The second-order valence-electron chi connectivity index (χ2n) is 5.45. The predicted molar refractivity (Wildman–Crippen MR) is 74.5 cm³/mol. The van der Waals surface area contributed by atoms with Crippen LogP contribution in [0.25, 0.3) is 0 Å². The molecule has 3 atom stereocenters. The molecule has 2 N–H and O–H groups in total. The summed E-state index contributed by atoms with van der Waals surface area (Å²) in [6.07, 6.45) is -0.588. The molecule has 0 radical (unpaired) electrons. The van der Waals surface area contributed by atoms with Gasteiger partial charge in [-0.05, 0) is 37.6 Å². The van der Waals surface area contributed by atoms with Crippen LogP contribution in [0.4, 0.5) is 13.2 Å². The van der Waals surface area contributed by atoms with Crippen molar-refractivity contribution in [2.45, 2.75) is 38.5 Å². The van der Waals surface area contributed by atoms with Crippen LogP contribution in [-0.2, 0) is 4.79 Å². The molecule has 2 rings (SSSR count). The number of aliphatic hydroxyl groups excluding tert-OH is 1. The number of amides is 1. The van der Waals surface area contributed by atoms with Crippen molar-refractivity contribution >= 4 is 5.91 Å². The van der Waals surface area contributed by atoms with Gasteiger partial charge in [-0.1, -0.05) is 6.92 Å². The Labute approximate surface area is 126 Å². The van der Waals surface area contributed by atoms with Crippen LogP contribution in [0.5, 0.6) is 0 Å². The Morgan fingerprint density at radius 3 is 2.50 bits per heavy atom. The molecule has 1 fully saturated rings. The number of hydrogen-bond acceptors (Lipinski definition) is 3. The average molecular weight is 316 g/mol. The molecule has 0 bridgehead atoms. The molecule has 1 saturated heterocycles. The molecule has 1 aliphatic heterocycles. The summed E-state index contributed by atoms with van der Waals surface area (Å²) in [6, 6.07) is 1.06. The normalized spacial score (nSPS) is 23.5. The van der Waals surface area contributed by atoms with Crippen LogP contribution in [-0.4, -0.2) is 41.1 Å². The van der Waals surface area contributed by atoms with E-state index in [9.17, 15) is 23.1 Å². The van der Waals surface area contributed by atoms with Gasteiger partial charge in [0.1, 0.15) is 6.10 Å². The van der Waals surface area contributed by atoms with E-state index in [1.807, 2.05) is 11.8 Å². The number of halogens is 3. The van der Waals surface area contributed by atoms with E-state index in [4.69, 9.17) is 0 Å². The lowest BCUT2D eigenvalue weighted by Crippen LogP contribution is -2.43. The van der Waals surface area contributed by atoms with Crippen LogP contribution in [0.15, 0.2) is 12.1 Å². The van der Waals surface area contributed by atoms with Gasteiger partial charge in [0.2, 0.25) is 5.91 Å². The fourth-order valence-electron chi connectivity index (χ4n) is 2.85. The predicted octanol–water partition coefficient (Wildman–Crippen LogP) is 1.74. The molecule has 1 heterocycles. The molecule has 1 aromatic rings. The number of likely N-dealkylation sites (tertiary alicyclic amines) is 1. The highest BCUT2D eigenvalue weighted by atomic mass is 19.2. The first-order valence-corrected chi connectivity index (χ1v) is 7.22.